The normalized spacial score (nSPS) is 13.3. The molecule has 0 fully saturated rings. The molecule has 2 aromatic carbocycles. The minimum Gasteiger partial charge on any atom is -0.375 e. The lowest BCUT2D eigenvalue weighted by Crippen LogP contribution is -2.37. The van der Waals surface area contributed by atoms with E-state index in [0.717, 1.165) is 24.1 Å². The largest absolute Gasteiger partial charge is 0.375 e. The third kappa shape index (κ3) is 3.83. The first-order chi connectivity index (χ1) is 12.1. The van der Waals surface area contributed by atoms with Gasteiger partial charge in [-0.2, -0.15) is 0 Å². The van der Waals surface area contributed by atoms with E-state index in [4.69, 9.17) is 16.3 Å². The van der Waals surface area contributed by atoms with Crippen LogP contribution in [0.2, 0.25) is 5.02 Å². The molecule has 0 unspecified atom stereocenters. The van der Waals surface area contributed by atoms with Gasteiger partial charge in [0.15, 0.2) is 0 Å². The van der Waals surface area contributed by atoms with Gasteiger partial charge in [0.1, 0.15) is 6.61 Å². The second-order valence-corrected chi connectivity index (χ2v) is 6.27. The van der Waals surface area contributed by atoms with Crippen molar-refractivity contribution in [2.24, 2.45) is 0 Å². The SMILES string of the molecule is COCC(=O)N1CCCc2ccc(NC(=O)c3ccccc3Cl)cc21. The average Bonchev–Trinajstić information content (AvgIpc) is 2.61. The second kappa shape index (κ2) is 7.68. The maximum Gasteiger partial charge on any atom is 0.257 e. The van der Waals surface area contributed by atoms with Crippen LogP contribution in [0.1, 0.15) is 22.3 Å². The number of carbonyl (C=O) groups is 2. The van der Waals surface area contributed by atoms with Gasteiger partial charge >= 0.3 is 0 Å². The molecule has 25 heavy (non-hydrogen) atoms. The zero-order valence-electron chi connectivity index (χ0n) is 13.9. The Morgan fingerprint density at radius 1 is 1.24 bits per heavy atom. The predicted molar refractivity (Wildman–Crippen MR) is 98.4 cm³/mol. The summed E-state index contributed by atoms with van der Waals surface area (Å²) in [6.45, 7) is 0.687. The van der Waals surface area contributed by atoms with Gasteiger partial charge in [-0.3, -0.25) is 9.59 Å². The van der Waals surface area contributed by atoms with Gasteiger partial charge in [0.25, 0.3) is 11.8 Å². The second-order valence-electron chi connectivity index (χ2n) is 5.86. The van der Waals surface area contributed by atoms with Crippen LogP contribution in [0, 0.1) is 0 Å². The van der Waals surface area contributed by atoms with Gasteiger partial charge in [-0.1, -0.05) is 29.8 Å². The molecule has 0 aromatic heterocycles. The third-order valence-electron chi connectivity index (χ3n) is 4.15. The molecule has 2 amide bonds. The zero-order valence-corrected chi connectivity index (χ0v) is 14.7. The van der Waals surface area contributed by atoms with E-state index in [-0.39, 0.29) is 18.4 Å². The topological polar surface area (TPSA) is 58.6 Å². The van der Waals surface area contributed by atoms with Crippen LogP contribution in [0.25, 0.3) is 0 Å². The number of benzene rings is 2. The van der Waals surface area contributed by atoms with E-state index in [0.29, 0.717) is 22.8 Å². The van der Waals surface area contributed by atoms with Gasteiger partial charge in [0.2, 0.25) is 0 Å². The van der Waals surface area contributed by atoms with Gasteiger partial charge in [0.05, 0.1) is 10.6 Å². The first-order valence-electron chi connectivity index (χ1n) is 8.08. The van der Waals surface area contributed by atoms with Crippen molar-refractivity contribution in [2.45, 2.75) is 12.8 Å². The number of carbonyl (C=O) groups excluding carboxylic acids is 2. The fourth-order valence-electron chi connectivity index (χ4n) is 2.96. The summed E-state index contributed by atoms with van der Waals surface area (Å²) in [5, 5.41) is 3.25. The number of nitrogens with zero attached hydrogens (tertiary/aromatic N) is 1. The molecule has 3 rings (SSSR count). The summed E-state index contributed by atoms with van der Waals surface area (Å²) < 4.78 is 4.96. The molecule has 6 heteroatoms. The van der Waals surface area contributed by atoms with Gasteiger partial charge in [-0.25, -0.2) is 0 Å². The highest BCUT2D eigenvalue weighted by atomic mass is 35.5. The van der Waals surface area contributed by atoms with Crippen molar-refractivity contribution in [3.63, 3.8) is 0 Å². The van der Waals surface area contributed by atoms with Crippen LogP contribution in [0.15, 0.2) is 42.5 Å². The highest BCUT2D eigenvalue weighted by Gasteiger charge is 2.23. The van der Waals surface area contributed by atoms with Crippen molar-refractivity contribution in [1.29, 1.82) is 0 Å². The van der Waals surface area contributed by atoms with Crippen LogP contribution in [-0.4, -0.2) is 32.1 Å². The minimum absolute atomic E-state index is 0.0374. The Morgan fingerprint density at radius 3 is 2.80 bits per heavy atom. The maximum absolute atomic E-state index is 12.4. The fraction of sp³-hybridized carbons (Fsp3) is 0.263. The van der Waals surface area contributed by atoms with Crippen molar-refractivity contribution in [3.05, 3.63) is 58.6 Å². The number of nitrogens with one attached hydrogen (secondary N) is 1. The molecule has 130 valence electrons. The predicted octanol–water partition coefficient (Wildman–Crippen LogP) is 3.52. The van der Waals surface area contributed by atoms with Crippen molar-refractivity contribution in [1.82, 2.24) is 0 Å². The average molecular weight is 359 g/mol. The number of ether oxygens (including phenoxy) is 1. The quantitative estimate of drug-likeness (QED) is 0.909. The van der Waals surface area contributed by atoms with Crippen LogP contribution >= 0.6 is 11.6 Å². The highest BCUT2D eigenvalue weighted by Crippen LogP contribution is 2.30. The van der Waals surface area contributed by atoms with E-state index in [2.05, 4.69) is 5.32 Å². The van der Waals surface area contributed by atoms with Crippen LogP contribution < -0.4 is 10.2 Å². The number of rotatable bonds is 4. The van der Waals surface area contributed by atoms with Crippen molar-refractivity contribution >= 4 is 34.8 Å². The number of hydrogen-bond acceptors (Lipinski definition) is 3. The van der Waals surface area contributed by atoms with Crippen LogP contribution in [-0.2, 0) is 16.0 Å². The van der Waals surface area contributed by atoms with Gasteiger partial charge in [-0.05, 0) is 42.7 Å². The Kier molecular flexibility index (Phi) is 5.36. The van der Waals surface area contributed by atoms with Crippen molar-refractivity contribution in [3.8, 4) is 0 Å². The Bertz CT molecular complexity index is 807. The number of halogens is 1. The zero-order chi connectivity index (χ0) is 17.8. The Hall–Kier alpha value is -2.37. The van der Waals surface area contributed by atoms with E-state index in [1.807, 2.05) is 18.2 Å². The summed E-state index contributed by atoms with van der Waals surface area (Å²) in [6.07, 6.45) is 1.82. The summed E-state index contributed by atoms with van der Waals surface area (Å²) in [5.41, 5.74) is 2.95. The molecule has 0 aliphatic carbocycles. The highest BCUT2D eigenvalue weighted by molar-refractivity contribution is 6.34. The molecule has 5 nitrogen and oxygen atoms in total. The molecule has 1 N–H and O–H groups in total. The number of methoxy groups -OCH3 is 1. The van der Waals surface area contributed by atoms with Crippen LogP contribution in [0.4, 0.5) is 11.4 Å². The van der Waals surface area contributed by atoms with E-state index in [1.165, 1.54) is 7.11 Å². The Morgan fingerprint density at radius 2 is 2.04 bits per heavy atom. The number of hydrogen-bond donors (Lipinski definition) is 1. The van der Waals surface area contributed by atoms with Gasteiger partial charge in [0, 0.05) is 25.0 Å². The molecule has 0 atom stereocenters. The number of aryl methyl sites for hydroxylation is 1. The van der Waals surface area contributed by atoms with Crippen molar-refractivity contribution in [2.75, 3.05) is 30.5 Å². The molecule has 0 radical (unpaired) electrons. The molecule has 2 aromatic rings. The monoisotopic (exact) mass is 358 g/mol. The number of anilines is 2. The lowest BCUT2D eigenvalue weighted by Gasteiger charge is -2.30. The molecule has 1 aliphatic heterocycles. The van der Waals surface area contributed by atoms with Gasteiger partial charge < -0.3 is 15.0 Å². The molecule has 0 saturated carbocycles. The Balaban J connectivity index is 1.85. The molecular formula is C19H19ClN2O3. The first kappa shape index (κ1) is 17.5. The summed E-state index contributed by atoms with van der Waals surface area (Å²) in [7, 11) is 1.50. The lowest BCUT2D eigenvalue weighted by molar-refractivity contribution is -0.122. The third-order valence-corrected chi connectivity index (χ3v) is 4.48. The fourth-order valence-corrected chi connectivity index (χ4v) is 3.18. The first-order valence-corrected chi connectivity index (χ1v) is 8.46. The summed E-state index contributed by atoms with van der Waals surface area (Å²) in [5.74, 6) is -0.367. The minimum atomic E-state index is -0.281. The standard InChI is InChI=1S/C19H19ClN2O3/c1-25-12-18(23)22-10-4-5-13-8-9-14(11-17(13)22)21-19(24)15-6-2-3-7-16(15)20/h2-3,6-9,11H,4-5,10,12H2,1H3,(H,21,24). The van der Waals surface area contributed by atoms with Crippen LogP contribution in [0.5, 0.6) is 0 Å². The molecule has 0 spiro atoms. The molecule has 1 aliphatic rings. The molecular weight excluding hydrogens is 340 g/mol. The van der Waals surface area contributed by atoms with Crippen molar-refractivity contribution < 1.29 is 14.3 Å². The number of fused-ring (bicyclic) bond motifs is 1. The smallest absolute Gasteiger partial charge is 0.257 e. The van der Waals surface area contributed by atoms with E-state index < -0.39 is 0 Å². The Labute approximate surface area is 151 Å². The number of amides is 2. The van der Waals surface area contributed by atoms with Gasteiger partial charge in [-0.15, -0.1) is 0 Å². The molecule has 1 heterocycles. The molecule has 0 saturated heterocycles. The summed E-state index contributed by atoms with van der Waals surface area (Å²) in [6, 6.07) is 12.5. The van der Waals surface area contributed by atoms with Crippen LogP contribution in [0.3, 0.4) is 0 Å². The summed E-state index contributed by atoms with van der Waals surface area (Å²) in [4.78, 5) is 26.4. The maximum atomic E-state index is 12.4. The van der Waals surface area contributed by atoms with E-state index in [1.54, 1.807) is 29.2 Å². The van der Waals surface area contributed by atoms with E-state index >= 15 is 0 Å². The van der Waals surface area contributed by atoms with E-state index in [9.17, 15) is 9.59 Å². The molecule has 0 bridgehead atoms. The summed E-state index contributed by atoms with van der Waals surface area (Å²) >= 11 is 6.07. The lowest BCUT2D eigenvalue weighted by atomic mass is 10.0.